The maximum atomic E-state index is 11.7. The van der Waals surface area contributed by atoms with Crippen LogP contribution in [0.15, 0.2) is 11.3 Å². The third-order valence-corrected chi connectivity index (χ3v) is 2.69. The molecule has 0 heterocycles. The Hall–Kier alpha value is -1.16. The molecular formula is C12H19NO3. The molecule has 1 rings (SSSR count). The predicted molar refractivity (Wildman–Crippen MR) is 60.9 cm³/mol. The van der Waals surface area contributed by atoms with E-state index >= 15 is 0 Å². The molecule has 0 bridgehead atoms. The molecule has 1 saturated carbocycles. The van der Waals surface area contributed by atoms with Gasteiger partial charge in [-0.1, -0.05) is 6.92 Å². The second-order valence-electron chi connectivity index (χ2n) is 3.91. The second kappa shape index (κ2) is 6.43. The first-order valence-electron chi connectivity index (χ1n) is 5.85. The van der Waals surface area contributed by atoms with E-state index in [9.17, 15) is 9.59 Å². The Morgan fingerprint density at radius 3 is 2.44 bits per heavy atom. The Balaban J connectivity index is 2.78. The molecule has 4 heteroatoms. The lowest BCUT2D eigenvalue weighted by molar-refractivity contribution is -0.123. The molecule has 90 valence electrons. The van der Waals surface area contributed by atoms with Gasteiger partial charge in [-0.05, 0) is 19.3 Å². The standard InChI is InChI=1S/C12H19NO3/c1-2-9(13-7-4-8-14)12-10(15)5-3-6-11(12)16/h13-14H,2-8H2,1H3. The molecule has 0 aromatic carbocycles. The van der Waals surface area contributed by atoms with Crippen LogP contribution in [-0.4, -0.2) is 29.8 Å². The molecule has 0 unspecified atom stereocenters. The van der Waals surface area contributed by atoms with Gasteiger partial charge in [0.15, 0.2) is 11.6 Å². The number of hydrogen-bond donors (Lipinski definition) is 2. The van der Waals surface area contributed by atoms with Crippen molar-refractivity contribution in [3.05, 3.63) is 11.3 Å². The minimum absolute atomic E-state index is 0.0374. The summed E-state index contributed by atoms with van der Waals surface area (Å²) in [6, 6.07) is 0. The summed E-state index contributed by atoms with van der Waals surface area (Å²) in [5.41, 5.74) is 1.11. The van der Waals surface area contributed by atoms with Crippen LogP contribution in [0, 0.1) is 0 Å². The zero-order valence-corrected chi connectivity index (χ0v) is 9.71. The first-order valence-corrected chi connectivity index (χ1v) is 5.85. The van der Waals surface area contributed by atoms with Gasteiger partial charge in [-0.2, -0.15) is 0 Å². The summed E-state index contributed by atoms with van der Waals surface area (Å²) in [6.45, 7) is 2.63. The van der Waals surface area contributed by atoms with Gasteiger partial charge in [0.25, 0.3) is 0 Å². The van der Waals surface area contributed by atoms with Gasteiger partial charge in [0, 0.05) is 31.7 Å². The molecule has 0 radical (unpaired) electrons. The molecule has 0 aliphatic heterocycles. The summed E-state index contributed by atoms with van der Waals surface area (Å²) in [5, 5.41) is 11.8. The highest BCUT2D eigenvalue weighted by molar-refractivity contribution is 6.22. The van der Waals surface area contributed by atoms with Crippen molar-refractivity contribution in [3.63, 3.8) is 0 Å². The zero-order chi connectivity index (χ0) is 12.0. The zero-order valence-electron chi connectivity index (χ0n) is 9.71. The van der Waals surface area contributed by atoms with Gasteiger partial charge in [0.1, 0.15) is 0 Å². The number of carbonyl (C=O) groups excluding carboxylic acids is 2. The molecule has 4 nitrogen and oxygen atoms in total. The molecule has 2 N–H and O–H groups in total. The Kier molecular flexibility index (Phi) is 5.19. The summed E-state index contributed by atoms with van der Waals surface area (Å²) in [7, 11) is 0. The Morgan fingerprint density at radius 2 is 1.94 bits per heavy atom. The molecule has 1 aliphatic rings. The summed E-state index contributed by atoms with van der Waals surface area (Å²) >= 11 is 0. The van der Waals surface area contributed by atoms with Crippen LogP contribution in [0.3, 0.4) is 0 Å². The van der Waals surface area contributed by atoms with Crippen molar-refractivity contribution < 1.29 is 14.7 Å². The SMILES string of the molecule is CCC(NCCCO)=C1C(=O)CCCC1=O. The van der Waals surface area contributed by atoms with E-state index in [0.717, 1.165) is 5.70 Å². The van der Waals surface area contributed by atoms with E-state index in [0.29, 0.717) is 44.2 Å². The van der Waals surface area contributed by atoms with Crippen LogP contribution < -0.4 is 5.32 Å². The Labute approximate surface area is 95.7 Å². The fourth-order valence-corrected chi connectivity index (χ4v) is 1.86. The molecule has 1 aliphatic carbocycles. The lowest BCUT2D eigenvalue weighted by Gasteiger charge is -2.17. The van der Waals surface area contributed by atoms with Crippen LogP contribution in [-0.2, 0) is 9.59 Å². The van der Waals surface area contributed by atoms with Gasteiger partial charge in [0.05, 0.1) is 5.57 Å². The minimum Gasteiger partial charge on any atom is -0.396 e. The van der Waals surface area contributed by atoms with Crippen molar-refractivity contribution in [3.8, 4) is 0 Å². The monoisotopic (exact) mass is 225 g/mol. The molecule has 0 saturated heterocycles. The van der Waals surface area contributed by atoms with Crippen molar-refractivity contribution in [1.29, 1.82) is 0 Å². The van der Waals surface area contributed by atoms with Crippen LogP contribution >= 0.6 is 0 Å². The van der Waals surface area contributed by atoms with Crippen LogP contribution in [0.2, 0.25) is 0 Å². The number of Topliss-reactive ketones (excluding diaryl/α,β-unsaturated/α-hetero) is 2. The quantitative estimate of drug-likeness (QED) is 0.415. The molecule has 0 amide bonds. The number of hydrogen-bond acceptors (Lipinski definition) is 4. The van der Waals surface area contributed by atoms with Gasteiger partial charge in [-0.15, -0.1) is 0 Å². The van der Waals surface area contributed by atoms with E-state index in [4.69, 9.17) is 5.11 Å². The van der Waals surface area contributed by atoms with Crippen molar-refractivity contribution in [1.82, 2.24) is 5.32 Å². The van der Waals surface area contributed by atoms with Gasteiger partial charge < -0.3 is 10.4 Å². The van der Waals surface area contributed by atoms with E-state index in [1.165, 1.54) is 0 Å². The highest BCUT2D eigenvalue weighted by atomic mass is 16.3. The maximum absolute atomic E-state index is 11.7. The number of carbonyl (C=O) groups is 2. The minimum atomic E-state index is -0.0374. The summed E-state index contributed by atoms with van der Waals surface area (Å²) in [6.07, 6.45) is 2.91. The van der Waals surface area contributed by atoms with Crippen LogP contribution in [0.5, 0.6) is 0 Å². The summed E-state index contributed by atoms with van der Waals surface area (Å²) < 4.78 is 0. The van der Waals surface area contributed by atoms with Gasteiger partial charge in [-0.3, -0.25) is 9.59 Å². The number of aliphatic hydroxyl groups excluding tert-OH is 1. The molecular weight excluding hydrogens is 206 g/mol. The smallest absolute Gasteiger partial charge is 0.168 e. The first kappa shape index (κ1) is 12.9. The van der Waals surface area contributed by atoms with E-state index in [1.807, 2.05) is 6.92 Å². The third-order valence-electron chi connectivity index (χ3n) is 2.69. The Bertz CT molecular complexity index is 289. The maximum Gasteiger partial charge on any atom is 0.168 e. The highest BCUT2D eigenvalue weighted by Gasteiger charge is 2.25. The van der Waals surface area contributed by atoms with Crippen molar-refractivity contribution in [2.45, 2.75) is 39.0 Å². The van der Waals surface area contributed by atoms with E-state index in [-0.39, 0.29) is 18.2 Å². The Morgan fingerprint density at radius 1 is 1.31 bits per heavy atom. The molecule has 0 aromatic heterocycles. The molecule has 16 heavy (non-hydrogen) atoms. The molecule has 0 spiro atoms. The number of ketones is 2. The van der Waals surface area contributed by atoms with Crippen molar-refractivity contribution in [2.24, 2.45) is 0 Å². The lowest BCUT2D eigenvalue weighted by atomic mass is 9.90. The van der Waals surface area contributed by atoms with Gasteiger partial charge >= 0.3 is 0 Å². The van der Waals surface area contributed by atoms with E-state index in [1.54, 1.807) is 0 Å². The summed E-state index contributed by atoms with van der Waals surface area (Å²) in [5.74, 6) is -0.0748. The van der Waals surface area contributed by atoms with E-state index < -0.39 is 0 Å². The van der Waals surface area contributed by atoms with Crippen LogP contribution in [0.1, 0.15) is 39.0 Å². The molecule has 0 aromatic rings. The van der Waals surface area contributed by atoms with Gasteiger partial charge in [-0.25, -0.2) is 0 Å². The van der Waals surface area contributed by atoms with Crippen LogP contribution in [0.4, 0.5) is 0 Å². The number of rotatable bonds is 5. The van der Waals surface area contributed by atoms with E-state index in [2.05, 4.69) is 5.32 Å². The normalized spacial score (nSPS) is 16.5. The van der Waals surface area contributed by atoms with Gasteiger partial charge in [0.2, 0.25) is 0 Å². The second-order valence-corrected chi connectivity index (χ2v) is 3.91. The fraction of sp³-hybridized carbons (Fsp3) is 0.667. The molecule has 1 fully saturated rings. The van der Waals surface area contributed by atoms with Crippen molar-refractivity contribution in [2.75, 3.05) is 13.2 Å². The number of aliphatic hydroxyl groups is 1. The largest absolute Gasteiger partial charge is 0.396 e. The highest BCUT2D eigenvalue weighted by Crippen LogP contribution is 2.20. The third kappa shape index (κ3) is 3.17. The number of allylic oxidation sites excluding steroid dienone is 2. The topological polar surface area (TPSA) is 66.4 Å². The first-order chi connectivity index (χ1) is 7.70. The van der Waals surface area contributed by atoms with Crippen molar-refractivity contribution >= 4 is 11.6 Å². The fourth-order valence-electron chi connectivity index (χ4n) is 1.86. The molecule has 0 atom stereocenters. The lowest BCUT2D eigenvalue weighted by Crippen LogP contribution is -2.26. The number of nitrogens with one attached hydrogen (secondary N) is 1. The predicted octanol–water partition coefficient (Wildman–Crippen LogP) is 0.945. The van der Waals surface area contributed by atoms with Crippen LogP contribution in [0.25, 0.3) is 0 Å². The average Bonchev–Trinajstić information content (AvgIpc) is 2.26. The summed E-state index contributed by atoms with van der Waals surface area (Å²) in [4.78, 5) is 23.3. The average molecular weight is 225 g/mol.